The molecular weight excluding hydrogens is 384 g/mol. The van der Waals surface area contributed by atoms with Crippen LogP contribution in [0, 0.1) is 0 Å². The highest BCUT2D eigenvalue weighted by atomic mass is 16.2. The number of benzene rings is 2. The number of hydrogen-bond donors (Lipinski definition) is 1. The molecule has 0 saturated carbocycles. The third-order valence-corrected chi connectivity index (χ3v) is 5.35. The van der Waals surface area contributed by atoms with Crippen LogP contribution in [0.25, 0.3) is 0 Å². The monoisotopic (exact) mass is 422 g/mol. The van der Waals surface area contributed by atoms with E-state index in [2.05, 4.69) is 43.4 Å². The fourth-order valence-electron chi connectivity index (χ4n) is 3.62. The summed E-state index contributed by atoms with van der Waals surface area (Å²) in [6, 6.07) is 17.9. The lowest BCUT2D eigenvalue weighted by molar-refractivity contribution is -0.142. The maximum Gasteiger partial charge on any atom is 0.243 e. The van der Waals surface area contributed by atoms with Crippen molar-refractivity contribution in [3.8, 4) is 0 Å². The fraction of sp³-hybridized carbons (Fsp3) is 0.481. The Bertz CT molecular complexity index is 836. The second kappa shape index (κ2) is 11.1. The summed E-state index contributed by atoms with van der Waals surface area (Å²) in [5, 5.41) is 3.05. The zero-order valence-corrected chi connectivity index (χ0v) is 19.9. The van der Waals surface area contributed by atoms with E-state index in [0.29, 0.717) is 31.7 Å². The smallest absolute Gasteiger partial charge is 0.243 e. The number of nitrogens with one attached hydrogen (secondary N) is 1. The third kappa shape index (κ3) is 7.86. The van der Waals surface area contributed by atoms with Gasteiger partial charge in [0.15, 0.2) is 0 Å². The molecule has 0 aromatic heterocycles. The summed E-state index contributed by atoms with van der Waals surface area (Å²) in [5.41, 5.74) is 3.12. The van der Waals surface area contributed by atoms with Gasteiger partial charge in [0.1, 0.15) is 6.04 Å². The summed E-state index contributed by atoms with van der Waals surface area (Å²) in [6.07, 6.45) is 1.62. The van der Waals surface area contributed by atoms with E-state index in [0.717, 1.165) is 11.1 Å². The first-order valence-electron chi connectivity index (χ1n) is 11.3. The van der Waals surface area contributed by atoms with Gasteiger partial charge in [-0.3, -0.25) is 9.59 Å². The van der Waals surface area contributed by atoms with Crippen LogP contribution >= 0.6 is 0 Å². The number of amides is 2. The second-order valence-corrected chi connectivity index (χ2v) is 9.57. The van der Waals surface area contributed by atoms with E-state index < -0.39 is 6.04 Å². The van der Waals surface area contributed by atoms with Crippen LogP contribution in [-0.2, 0) is 22.6 Å². The topological polar surface area (TPSA) is 49.4 Å². The second-order valence-electron chi connectivity index (χ2n) is 9.57. The standard InChI is InChI=1S/C27H38N2O2/c1-7-24(26(31)28-27(4,5)6)29(19-22-11-9-8-10-12-22)25(30)18-15-21-13-16-23(17-14-21)20(2)3/h8-14,16-17,20,24H,7,15,18-19H2,1-6H3,(H,28,31). The van der Waals surface area contributed by atoms with Crippen LogP contribution in [0.5, 0.6) is 0 Å². The van der Waals surface area contributed by atoms with Gasteiger partial charge in [-0.25, -0.2) is 0 Å². The molecule has 0 aliphatic heterocycles. The molecule has 0 spiro atoms. The van der Waals surface area contributed by atoms with Gasteiger partial charge in [-0.1, -0.05) is 75.4 Å². The molecule has 2 aromatic carbocycles. The van der Waals surface area contributed by atoms with Crippen LogP contribution in [-0.4, -0.2) is 28.3 Å². The molecule has 4 heteroatoms. The van der Waals surface area contributed by atoms with Crippen molar-refractivity contribution < 1.29 is 9.59 Å². The van der Waals surface area contributed by atoms with Crippen molar-refractivity contribution in [2.75, 3.05) is 0 Å². The van der Waals surface area contributed by atoms with Crippen molar-refractivity contribution >= 4 is 11.8 Å². The summed E-state index contributed by atoms with van der Waals surface area (Å²) in [7, 11) is 0. The van der Waals surface area contributed by atoms with E-state index in [4.69, 9.17) is 0 Å². The van der Waals surface area contributed by atoms with E-state index in [9.17, 15) is 9.59 Å². The molecule has 2 aromatic rings. The Morgan fingerprint density at radius 3 is 2.06 bits per heavy atom. The quantitative estimate of drug-likeness (QED) is 0.583. The van der Waals surface area contributed by atoms with Crippen molar-refractivity contribution in [3.05, 3.63) is 71.3 Å². The first-order chi connectivity index (χ1) is 14.6. The molecule has 0 heterocycles. The summed E-state index contributed by atoms with van der Waals surface area (Å²) >= 11 is 0. The maximum atomic E-state index is 13.3. The van der Waals surface area contributed by atoms with Gasteiger partial charge in [-0.05, 0) is 56.2 Å². The molecule has 168 valence electrons. The SMILES string of the molecule is CCC(C(=O)NC(C)(C)C)N(Cc1ccccc1)C(=O)CCc1ccc(C(C)C)cc1. The minimum absolute atomic E-state index is 0.00713. The van der Waals surface area contributed by atoms with E-state index in [1.807, 2.05) is 58.0 Å². The molecule has 2 amide bonds. The Kier molecular flexibility index (Phi) is 8.85. The van der Waals surface area contributed by atoms with Crippen molar-refractivity contribution in [1.29, 1.82) is 0 Å². The minimum Gasteiger partial charge on any atom is -0.350 e. The first-order valence-corrected chi connectivity index (χ1v) is 11.3. The average molecular weight is 423 g/mol. The Morgan fingerprint density at radius 2 is 1.55 bits per heavy atom. The Hall–Kier alpha value is -2.62. The number of aryl methyl sites for hydroxylation is 1. The average Bonchev–Trinajstić information content (AvgIpc) is 2.71. The van der Waals surface area contributed by atoms with Gasteiger partial charge < -0.3 is 10.2 Å². The van der Waals surface area contributed by atoms with Crippen molar-refractivity contribution in [1.82, 2.24) is 10.2 Å². The molecule has 31 heavy (non-hydrogen) atoms. The lowest BCUT2D eigenvalue weighted by Gasteiger charge is -2.33. The summed E-state index contributed by atoms with van der Waals surface area (Å²) in [6.45, 7) is 12.6. The van der Waals surface area contributed by atoms with E-state index in [1.165, 1.54) is 5.56 Å². The van der Waals surface area contributed by atoms with Gasteiger partial charge in [-0.15, -0.1) is 0 Å². The predicted octanol–water partition coefficient (Wildman–Crippen LogP) is 5.46. The molecule has 0 radical (unpaired) electrons. The Balaban J connectivity index is 2.17. The first kappa shape index (κ1) is 24.6. The van der Waals surface area contributed by atoms with Crippen LogP contribution in [0.3, 0.4) is 0 Å². The minimum atomic E-state index is -0.491. The van der Waals surface area contributed by atoms with Crippen molar-refractivity contribution in [3.63, 3.8) is 0 Å². The molecule has 0 aliphatic rings. The molecule has 0 bridgehead atoms. The summed E-state index contributed by atoms with van der Waals surface area (Å²) in [4.78, 5) is 28.1. The zero-order valence-electron chi connectivity index (χ0n) is 19.9. The highest BCUT2D eigenvalue weighted by Crippen LogP contribution is 2.18. The van der Waals surface area contributed by atoms with Gasteiger partial charge >= 0.3 is 0 Å². The number of carbonyl (C=O) groups is 2. The van der Waals surface area contributed by atoms with Crippen LogP contribution in [0.1, 0.15) is 77.0 Å². The number of carbonyl (C=O) groups excluding carboxylic acids is 2. The largest absolute Gasteiger partial charge is 0.350 e. The normalized spacial score (nSPS) is 12.5. The van der Waals surface area contributed by atoms with E-state index in [-0.39, 0.29) is 17.4 Å². The number of hydrogen-bond acceptors (Lipinski definition) is 2. The lowest BCUT2D eigenvalue weighted by atomic mass is 10.00. The fourth-order valence-corrected chi connectivity index (χ4v) is 3.62. The Labute approximate surface area is 188 Å². The van der Waals surface area contributed by atoms with Crippen molar-refractivity contribution in [2.45, 2.75) is 84.8 Å². The molecule has 0 fully saturated rings. The number of rotatable bonds is 9. The van der Waals surface area contributed by atoms with Gasteiger partial charge in [0.05, 0.1) is 0 Å². The Morgan fingerprint density at radius 1 is 0.935 bits per heavy atom. The summed E-state index contributed by atoms with van der Waals surface area (Å²) in [5.74, 6) is 0.400. The molecule has 2 rings (SSSR count). The van der Waals surface area contributed by atoms with Gasteiger partial charge in [0.25, 0.3) is 0 Å². The predicted molar refractivity (Wildman–Crippen MR) is 128 cm³/mol. The number of nitrogens with zero attached hydrogens (tertiary/aromatic N) is 1. The molecule has 0 saturated heterocycles. The molecule has 1 N–H and O–H groups in total. The summed E-state index contributed by atoms with van der Waals surface area (Å²) < 4.78 is 0. The molecule has 1 unspecified atom stereocenters. The van der Waals surface area contributed by atoms with Crippen molar-refractivity contribution in [2.24, 2.45) is 0 Å². The van der Waals surface area contributed by atoms with Gasteiger partial charge in [0.2, 0.25) is 11.8 Å². The molecule has 4 nitrogen and oxygen atoms in total. The van der Waals surface area contributed by atoms with Gasteiger partial charge in [0, 0.05) is 18.5 Å². The van der Waals surface area contributed by atoms with Crippen LogP contribution in [0.2, 0.25) is 0 Å². The van der Waals surface area contributed by atoms with E-state index >= 15 is 0 Å². The highest BCUT2D eigenvalue weighted by Gasteiger charge is 2.30. The van der Waals surface area contributed by atoms with Crippen LogP contribution < -0.4 is 5.32 Å². The van der Waals surface area contributed by atoms with E-state index in [1.54, 1.807) is 4.90 Å². The van der Waals surface area contributed by atoms with Crippen LogP contribution in [0.15, 0.2) is 54.6 Å². The molecule has 0 aliphatic carbocycles. The maximum absolute atomic E-state index is 13.3. The van der Waals surface area contributed by atoms with Crippen LogP contribution in [0.4, 0.5) is 0 Å². The van der Waals surface area contributed by atoms with Gasteiger partial charge in [-0.2, -0.15) is 0 Å². The molecular formula is C27H38N2O2. The zero-order chi connectivity index (χ0) is 23.0. The lowest BCUT2D eigenvalue weighted by Crippen LogP contribution is -2.53. The third-order valence-electron chi connectivity index (χ3n) is 5.35. The highest BCUT2D eigenvalue weighted by molar-refractivity contribution is 5.88. The molecule has 1 atom stereocenters.